The third-order valence-electron chi connectivity index (χ3n) is 4.78. The first kappa shape index (κ1) is 18.2. The van der Waals surface area contributed by atoms with Crippen molar-refractivity contribution in [2.24, 2.45) is 5.92 Å². The highest BCUT2D eigenvalue weighted by atomic mass is 16.5. The first-order chi connectivity index (χ1) is 12.5. The fourth-order valence-corrected chi connectivity index (χ4v) is 3.33. The second-order valence-corrected chi connectivity index (χ2v) is 6.59. The van der Waals surface area contributed by atoms with Gasteiger partial charge in [0.2, 0.25) is 5.91 Å². The van der Waals surface area contributed by atoms with Crippen LogP contribution in [0.15, 0.2) is 23.0 Å². The third-order valence-corrected chi connectivity index (χ3v) is 4.78. The smallest absolute Gasteiger partial charge is 0.323 e. The Morgan fingerprint density at radius 3 is 2.88 bits per heavy atom. The number of esters is 1. The molecule has 0 saturated carbocycles. The van der Waals surface area contributed by atoms with Crippen LogP contribution in [0, 0.1) is 5.92 Å². The Balaban J connectivity index is 1.64. The molecule has 3 rings (SSSR count). The van der Waals surface area contributed by atoms with Gasteiger partial charge in [-0.1, -0.05) is 0 Å². The van der Waals surface area contributed by atoms with Gasteiger partial charge in [-0.25, -0.2) is 4.79 Å². The van der Waals surface area contributed by atoms with Gasteiger partial charge in [0, 0.05) is 12.2 Å². The highest BCUT2D eigenvalue weighted by Gasteiger charge is 2.31. The lowest BCUT2D eigenvalue weighted by Crippen LogP contribution is -2.48. The van der Waals surface area contributed by atoms with Crippen molar-refractivity contribution < 1.29 is 14.3 Å². The van der Waals surface area contributed by atoms with Crippen LogP contribution in [0.25, 0.3) is 11.0 Å². The van der Waals surface area contributed by atoms with E-state index in [9.17, 15) is 14.4 Å². The number of piperidine rings is 1. The number of amides is 1. The van der Waals surface area contributed by atoms with Crippen LogP contribution in [0.4, 0.5) is 5.69 Å². The zero-order valence-corrected chi connectivity index (χ0v) is 15.0. The molecular formula is C18H24N4O4. The molecule has 1 fully saturated rings. The van der Waals surface area contributed by atoms with Gasteiger partial charge in [-0.3, -0.25) is 14.5 Å². The van der Waals surface area contributed by atoms with Gasteiger partial charge < -0.3 is 20.0 Å². The number of aromatic amines is 2. The minimum Gasteiger partial charge on any atom is -0.466 e. The predicted molar refractivity (Wildman–Crippen MR) is 97.9 cm³/mol. The molecule has 8 nitrogen and oxygen atoms in total. The average Bonchev–Trinajstić information content (AvgIpc) is 3.00. The minimum atomic E-state index is -0.367. The molecule has 1 saturated heterocycles. The molecule has 2 aromatic rings. The topological polar surface area (TPSA) is 107 Å². The Labute approximate surface area is 150 Å². The number of benzene rings is 1. The summed E-state index contributed by atoms with van der Waals surface area (Å²) in [4.78, 5) is 43.3. The van der Waals surface area contributed by atoms with Gasteiger partial charge in [0.1, 0.15) is 0 Å². The van der Waals surface area contributed by atoms with E-state index in [0.717, 1.165) is 19.4 Å². The number of carbonyl (C=O) groups excluding carboxylic acids is 2. The van der Waals surface area contributed by atoms with Crippen molar-refractivity contribution in [1.29, 1.82) is 0 Å². The van der Waals surface area contributed by atoms with Crippen LogP contribution in [0.2, 0.25) is 0 Å². The molecule has 2 atom stereocenters. The highest BCUT2D eigenvalue weighted by molar-refractivity contribution is 5.96. The maximum atomic E-state index is 12.6. The molecule has 1 aliphatic rings. The third kappa shape index (κ3) is 3.96. The van der Waals surface area contributed by atoms with Crippen molar-refractivity contribution in [3.63, 3.8) is 0 Å². The summed E-state index contributed by atoms with van der Waals surface area (Å²) in [6, 6.07) is 4.84. The van der Waals surface area contributed by atoms with Crippen molar-refractivity contribution in [1.82, 2.24) is 14.9 Å². The van der Waals surface area contributed by atoms with Crippen molar-refractivity contribution in [2.45, 2.75) is 32.7 Å². The Morgan fingerprint density at radius 1 is 1.35 bits per heavy atom. The van der Waals surface area contributed by atoms with Crippen molar-refractivity contribution in [3.8, 4) is 0 Å². The fraction of sp³-hybridized carbons (Fsp3) is 0.500. The molecule has 26 heavy (non-hydrogen) atoms. The summed E-state index contributed by atoms with van der Waals surface area (Å²) >= 11 is 0. The number of nitrogens with zero attached hydrogens (tertiary/aromatic N) is 1. The molecule has 2 heterocycles. The number of nitrogens with one attached hydrogen (secondary N) is 3. The number of likely N-dealkylation sites (tertiary alicyclic amines) is 1. The summed E-state index contributed by atoms with van der Waals surface area (Å²) in [6.07, 6.45) is 1.65. The second-order valence-electron chi connectivity index (χ2n) is 6.59. The molecule has 1 aliphatic heterocycles. The van der Waals surface area contributed by atoms with Gasteiger partial charge in [0.05, 0.1) is 29.6 Å². The first-order valence-electron chi connectivity index (χ1n) is 8.91. The summed E-state index contributed by atoms with van der Waals surface area (Å²) in [5.41, 5.74) is 1.66. The van der Waals surface area contributed by atoms with E-state index in [4.69, 9.17) is 4.74 Å². The molecule has 1 aromatic heterocycles. The SMILES string of the molecule is CCOC(=O)[C@H]1CCCN([C@@H](C)C(=O)Nc2ccc3[nH]c(=O)[nH]c3c2)C1. The van der Waals surface area contributed by atoms with E-state index in [0.29, 0.717) is 29.9 Å². The van der Waals surface area contributed by atoms with E-state index in [1.54, 1.807) is 25.1 Å². The molecule has 0 spiro atoms. The van der Waals surface area contributed by atoms with Crippen molar-refractivity contribution in [3.05, 3.63) is 28.7 Å². The van der Waals surface area contributed by atoms with Crippen LogP contribution in [0.5, 0.6) is 0 Å². The summed E-state index contributed by atoms with van der Waals surface area (Å²) < 4.78 is 5.11. The largest absolute Gasteiger partial charge is 0.466 e. The van der Waals surface area contributed by atoms with E-state index in [-0.39, 0.29) is 29.5 Å². The van der Waals surface area contributed by atoms with E-state index in [1.807, 2.05) is 11.8 Å². The van der Waals surface area contributed by atoms with Crippen LogP contribution in [-0.4, -0.2) is 52.5 Å². The minimum absolute atomic E-state index is 0.147. The number of ether oxygens (including phenoxy) is 1. The molecule has 0 radical (unpaired) electrons. The average molecular weight is 360 g/mol. The molecule has 8 heteroatoms. The van der Waals surface area contributed by atoms with Crippen LogP contribution < -0.4 is 11.0 Å². The van der Waals surface area contributed by atoms with Gasteiger partial charge >= 0.3 is 11.7 Å². The lowest BCUT2D eigenvalue weighted by atomic mass is 9.97. The van der Waals surface area contributed by atoms with Crippen molar-refractivity contribution in [2.75, 3.05) is 25.0 Å². The summed E-state index contributed by atoms with van der Waals surface area (Å²) in [5, 5.41) is 2.88. The monoisotopic (exact) mass is 360 g/mol. The van der Waals surface area contributed by atoms with E-state index < -0.39 is 0 Å². The number of imidazole rings is 1. The zero-order valence-electron chi connectivity index (χ0n) is 15.0. The van der Waals surface area contributed by atoms with Crippen LogP contribution in [0.3, 0.4) is 0 Å². The lowest BCUT2D eigenvalue weighted by Gasteiger charge is -2.35. The Kier molecular flexibility index (Phi) is 5.41. The van der Waals surface area contributed by atoms with Crippen LogP contribution >= 0.6 is 0 Å². The van der Waals surface area contributed by atoms with Gasteiger partial charge in [-0.05, 0) is 51.4 Å². The maximum Gasteiger partial charge on any atom is 0.323 e. The summed E-state index contributed by atoms with van der Waals surface area (Å²) in [6.45, 7) is 5.30. The van der Waals surface area contributed by atoms with Gasteiger partial charge in [-0.15, -0.1) is 0 Å². The Morgan fingerprint density at radius 2 is 2.12 bits per heavy atom. The van der Waals surface area contributed by atoms with Crippen LogP contribution in [0.1, 0.15) is 26.7 Å². The number of hydrogen-bond acceptors (Lipinski definition) is 5. The fourth-order valence-electron chi connectivity index (χ4n) is 3.33. The second kappa shape index (κ2) is 7.74. The summed E-state index contributed by atoms with van der Waals surface area (Å²) in [7, 11) is 0. The van der Waals surface area contributed by atoms with E-state index >= 15 is 0 Å². The molecule has 1 amide bonds. The lowest BCUT2D eigenvalue weighted by molar-refractivity contribution is -0.150. The number of rotatable bonds is 5. The molecular weight excluding hydrogens is 336 g/mol. The highest BCUT2D eigenvalue weighted by Crippen LogP contribution is 2.21. The first-order valence-corrected chi connectivity index (χ1v) is 8.91. The summed E-state index contributed by atoms with van der Waals surface area (Å²) in [5.74, 6) is -0.515. The molecule has 3 N–H and O–H groups in total. The number of anilines is 1. The Bertz CT molecular complexity index is 856. The number of H-pyrrole nitrogens is 2. The number of aromatic nitrogens is 2. The van der Waals surface area contributed by atoms with Gasteiger partial charge in [0.15, 0.2) is 0 Å². The molecule has 0 aliphatic carbocycles. The number of fused-ring (bicyclic) bond motifs is 1. The normalized spacial score (nSPS) is 19.2. The quantitative estimate of drug-likeness (QED) is 0.700. The van der Waals surface area contributed by atoms with E-state index in [1.165, 1.54) is 0 Å². The van der Waals surface area contributed by atoms with Gasteiger partial charge in [0.25, 0.3) is 0 Å². The zero-order chi connectivity index (χ0) is 18.7. The predicted octanol–water partition coefficient (Wildman–Crippen LogP) is 1.46. The number of hydrogen-bond donors (Lipinski definition) is 3. The molecule has 0 unspecified atom stereocenters. The van der Waals surface area contributed by atoms with Crippen molar-refractivity contribution >= 4 is 28.6 Å². The standard InChI is InChI=1S/C18H24N4O4/c1-3-26-17(24)12-5-4-8-22(10-12)11(2)16(23)19-13-6-7-14-15(9-13)21-18(25)20-14/h6-7,9,11-12H,3-5,8,10H2,1-2H3,(H,19,23)(H2,20,21,25)/t11-,12-/m0/s1. The maximum absolute atomic E-state index is 12.6. The van der Waals surface area contributed by atoms with E-state index in [2.05, 4.69) is 15.3 Å². The number of carbonyl (C=O) groups is 2. The molecule has 0 bridgehead atoms. The van der Waals surface area contributed by atoms with Gasteiger partial charge in [-0.2, -0.15) is 0 Å². The molecule has 140 valence electrons. The van der Waals surface area contributed by atoms with Crippen LogP contribution in [-0.2, 0) is 14.3 Å². The Hall–Kier alpha value is -2.61. The molecule has 1 aromatic carbocycles.